The molecule has 0 atom stereocenters. The van der Waals surface area contributed by atoms with E-state index in [4.69, 9.17) is 5.11 Å². The van der Waals surface area contributed by atoms with Crippen molar-refractivity contribution in [3.8, 4) is 5.69 Å². The van der Waals surface area contributed by atoms with Crippen LogP contribution in [0.1, 0.15) is 12.0 Å². The van der Waals surface area contributed by atoms with Gasteiger partial charge in [0.2, 0.25) is 0 Å². The van der Waals surface area contributed by atoms with Gasteiger partial charge in [0, 0.05) is 25.4 Å². The fourth-order valence-corrected chi connectivity index (χ4v) is 1.92. The number of nitrogens with one attached hydrogen (secondary N) is 1. The second kappa shape index (κ2) is 7.26. The van der Waals surface area contributed by atoms with E-state index in [1.165, 1.54) is 4.90 Å². The number of hydrogen-bond donors (Lipinski definition) is 2. The quantitative estimate of drug-likeness (QED) is 0.846. The number of aliphatic carboxylic acids is 1. The molecule has 0 saturated heterocycles. The van der Waals surface area contributed by atoms with Crippen LogP contribution in [0.15, 0.2) is 42.7 Å². The summed E-state index contributed by atoms with van der Waals surface area (Å²) in [5, 5.41) is 15.4. The molecule has 0 bridgehead atoms. The molecule has 2 aromatic rings. The highest BCUT2D eigenvalue weighted by molar-refractivity contribution is 5.74. The number of carboxylic acid groups (broad SMARTS) is 1. The van der Waals surface area contributed by atoms with E-state index in [0.29, 0.717) is 6.54 Å². The standard InChI is InChI=1S/C15H18N4O3/c1-18(15(22)16-8-7-14(20)21)10-12-9-17-19(11-12)13-5-3-2-4-6-13/h2-6,9,11H,7-8,10H2,1H3,(H,16,22)(H,20,21). The van der Waals surface area contributed by atoms with Crippen LogP contribution in [0.4, 0.5) is 4.79 Å². The topological polar surface area (TPSA) is 87.5 Å². The summed E-state index contributed by atoms with van der Waals surface area (Å²) in [6.45, 7) is 0.507. The van der Waals surface area contributed by atoms with Crippen molar-refractivity contribution in [2.24, 2.45) is 0 Å². The molecule has 0 saturated carbocycles. The highest BCUT2D eigenvalue weighted by Gasteiger charge is 2.10. The zero-order chi connectivity index (χ0) is 15.9. The van der Waals surface area contributed by atoms with Gasteiger partial charge in [0.25, 0.3) is 0 Å². The van der Waals surface area contributed by atoms with Gasteiger partial charge in [-0.15, -0.1) is 0 Å². The van der Waals surface area contributed by atoms with E-state index in [9.17, 15) is 9.59 Å². The Balaban J connectivity index is 1.89. The van der Waals surface area contributed by atoms with Crippen LogP contribution in [-0.4, -0.2) is 45.4 Å². The van der Waals surface area contributed by atoms with E-state index >= 15 is 0 Å². The van der Waals surface area contributed by atoms with Crippen molar-refractivity contribution in [2.45, 2.75) is 13.0 Å². The number of carbonyl (C=O) groups is 2. The summed E-state index contributed by atoms with van der Waals surface area (Å²) in [7, 11) is 1.65. The Morgan fingerprint density at radius 2 is 2.05 bits per heavy atom. The number of para-hydroxylation sites is 1. The van der Waals surface area contributed by atoms with Crippen LogP contribution in [-0.2, 0) is 11.3 Å². The molecular formula is C15H18N4O3. The average Bonchev–Trinajstić information content (AvgIpc) is 2.96. The number of nitrogens with zero attached hydrogens (tertiary/aromatic N) is 3. The van der Waals surface area contributed by atoms with Gasteiger partial charge in [-0.2, -0.15) is 5.10 Å². The lowest BCUT2D eigenvalue weighted by Gasteiger charge is -2.16. The first kappa shape index (κ1) is 15.6. The first-order valence-corrected chi connectivity index (χ1v) is 6.86. The normalized spacial score (nSPS) is 10.2. The minimum atomic E-state index is -0.938. The first-order valence-electron chi connectivity index (χ1n) is 6.86. The maximum atomic E-state index is 11.8. The second-order valence-corrected chi connectivity index (χ2v) is 4.86. The number of benzene rings is 1. The van der Waals surface area contributed by atoms with Crippen LogP contribution in [0.5, 0.6) is 0 Å². The fraction of sp³-hybridized carbons (Fsp3) is 0.267. The van der Waals surface area contributed by atoms with Gasteiger partial charge in [-0.3, -0.25) is 4.79 Å². The maximum Gasteiger partial charge on any atom is 0.317 e. The van der Waals surface area contributed by atoms with E-state index in [1.54, 1.807) is 17.9 Å². The lowest BCUT2D eigenvalue weighted by Crippen LogP contribution is -2.37. The molecule has 0 unspecified atom stereocenters. The number of carbonyl (C=O) groups excluding carboxylic acids is 1. The van der Waals surface area contributed by atoms with E-state index in [-0.39, 0.29) is 19.0 Å². The predicted octanol–water partition coefficient (Wildman–Crippen LogP) is 1.49. The monoisotopic (exact) mass is 302 g/mol. The molecule has 0 spiro atoms. The Bertz CT molecular complexity index is 639. The molecule has 22 heavy (non-hydrogen) atoms. The molecule has 0 aliphatic rings. The molecule has 2 rings (SSSR count). The largest absolute Gasteiger partial charge is 0.481 e. The van der Waals surface area contributed by atoms with Crippen molar-refractivity contribution in [1.29, 1.82) is 0 Å². The summed E-state index contributed by atoms with van der Waals surface area (Å²) in [5.74, 6) is -0.938. The molecule has 1 heterocycles. The van der Waals surface area contributed by atoms with Gasteiger partial charge in [0.1, 0.15) is 0 Å². The van der Waals surface area contributed by atoms with Gasteiger partial charge in [-0.05, 0) is 12.1 Å². The number of carboxylic acids is 1. The molecule has 2 amide bonds. The third-order valence-electron chi connectivity index (χ3n) is 3.04. The average molecular weight is 302 g/mol. The maximum absolute atomic E-state index is 11.8. The third-order valence-corrected chi connectivity index (χ3v) is 3.04. The molecule has 116 valence electrons. The zero-order valence-electron chi connectivity index (χ0n) is 12.3. The molecule has 7 nitrogen and oxygen atoms in total. The van der Waals surface area contributed by atoms with E-state index in [2.05, 4.69) is 10.4 Å². The van der Waals surface area contributed by atoms with E-state index in [1.807, 2.05) is 36.5 Å². The van der Waals surface area contributed by atoms with Gasteiger partial charge in [-0.1, -0.05) is 18.2 Å². The van der Waals surface area contributed by atoms with Gasteiger partial charge in [0.05, 0.1) is 24.8 Å². The lowest BCUT2D eigenvalue weighted by molar-refractivity contribution is -0.136. The van der Waals surface area contributed by atoms with Gasteiger partial charge in [0.15, 0.2) is 0 Å². The summed E-state index contributed by atoms with van der Waals surface area (Å²) >= 11 is 0. The Morgan fingerprint density at radius 3 is 2.73 bits per heavy atom. The van der Waals surface area contributed by atoms with Crippen LogP contribution >= 0.6 is 0 Å². The van der Waals surface area contributed by atoms with Crippen LogP contribution in [0, 0.1) is 0 Å². The Hall–Kier alpha value is -2.83. The summed E-state index contributed by atoms with van der Waals surface area (Å²) < 4.78 is 1.74. The number of aromatic nitrogens is 2. The predicted molar refractivity (Wildman–Crippen MR) is 80.7 cm³/mol. The number of hydrogen-bond acceptors (Lipinski definition) is 3. The molecule has 0 fully saturated rings. The van der Waals surface area contributed by atoms with Crippen LogP contribution in [0.3, 0.4) is 0 Å². The SMILES string of the molecule is CN(Cc1cnn(-c2ccccc2)c1)C(=O)NCCC(=O)O. The van der Waals surface area contributed by atoms with Crippen LogP contribution < -0.4 is 5.32 Å². The minimum absolute atomic E-state index is 0.0917. The fourth-order valence-electron chi connectivity index (χ4n) is 1.92. The molecule has 0 aliphatic carbocycles. The Morgan fingerprint density at radius 1 is 1.32 bits per heavy atom. The van der Waals surface area contributed by atoms with Crippen molar-refractivity contribution in [3.63, 3.8) is 0 Å². The molecule has 7 heteroatoms. The molecule has 0 radical (unpaired) electrons. The van der Waals surface area contributed by atoms with Crippen molar-refractivity contribution in [1.82, 2.24) is 20.0 Å². The minimum Gasteiger partial charge on any atom is -0.481 e. The molecule has 1 aromatic carbocycles. The summed E-state index contributed by atoms with van der Waals surface area (Å²) in [6, 6.07) is 9.37. The van der Waals surface area contributed by atoms with Crippen molar-refractivity contribution < 1.29 is 14.7 Å². The smallest absolute Gasteiger partial charge is 0.317 e. The lowest BCUT2D eigenvalue weighted by atomic mass is 10.3. The Labute approximate surface area is 128 Å². The number of urea groups is 1. The van der Waals surface area contributed by atoms with Crippen molar-refractivity contribution >= 4 is 12.0 Å². The highest BCUT2D eigenvalue weighted by atomic mass is 16.4. The van der Waals surface area contributed by atoms with Gasteiger partial charge < -0.3 is 15.3 Å². The molecule has 1 aromatic heterocycles. The van der Waals surface area contributed by atoms with Gasteiger partial charge in [-0.25, -0.2) is 9.48 Å². The van der Waals surface area contributed by atoms with Crippen molar-refractivity contribution in [2.75, 3.05) is 13.6 Å². The van der Waals surface area contributed by atoms with Gasteiger partial charge >= 0.3 is 12.0 Å². The highest BCUT2D eigenvalue weighted by Crippen LogP contribution is 2.09. The number of rotatable bonds is 6. The second-order valence-electron chi connectivity index (χ2n) is 4.86. The summed E-state index contributed by atoms with van der Waals surface area (Å²) in [6.07, 6.45) is 3.47. The summed E-state index contributed by atoms with van der Waals surface area (Å²) in [5.41, 5.74) is 1.84. The van der Waals surface area contributed by atoms with E-state index < -0.39 is 5.97 Å². The third kappa shape index (κ3) is 4.34. The molecule has 0 aliphatic heterocycles. The van der Waals surface area contributed by atoms with Crippen LogP contribution in [0.25, 0.3) is 5.69 Å². The molecular weight excluding hydrogens is 284 g/mol. The number of amides is 2. The van der Waals surface area contributed by atoms with Crippen LogP contribution in [0.2, 0.25) is 0 Å². The first-order chi connectivity index (χ1) is 10.6. The zero-order valence-corrected chi connectivity index (χ0v) is 12.3. The van der Waals surface area contributed by atoms with E-state index in [0.717, 1.165) is 11.3 Å². The molecule has 2 N–H and O–H groups in total. The Kier molecular flexibility index (Phi) is 5.13. The van der Waals surface area contributed by atoms with Crippen molar-refractivity contribution in [3.05, 3.63) is 48.3 Å². The summed E-state index contributed by atoms with van der Waals surface area (Å²) in [4.78, 5) is 23.7.